The molecule has 0 spiro atoms. The van der Waals surface area contributed by atoms with Crippen LogP contribution in [0, 0.1) is 0 Å². The highest BCUT2D eigenvalue weighted by Gasteiger charge is 2.33. The molecule has 0 aromatic heterocycles. The van der Waals surface area contributed by atoms with Gasteiger partial charge in [-0.25, -0.2) is 0 Å². The molecule has 1 heterocycles. The quantitative estimate of drug-likeness (QED) is 0.881. The highest BCUT2D eigenvalue weighted by atomic mass is 19.4. The Balaban J connectivity index is 2.33. The predicted octanol–water partition coefficient (Wildman–Crippen LogP) is 3.19. The van der Waals surface area contributed by atoms with Crippen LogP contribution >= 0.6 is 0 Å². The Morgan fingerprint density at radius 2 is 1.78 bits per heavy atom. The lowest BCUT2D eigenvalue weighted by atomic mass is 10.0. The fraction of sp³-hybridized carbons (Fsp3) is 0.538. The minimum Gasteiger partial charge on any atom is -0.392 e. The van der Waals surface area contributed by atoms with Gasteiger partial charge in [0.05, 0.1) is 12.2 Å². The third kappa shape index (κ3) is 2.77. The summed E-state index contributed by atoms with van der Waals surface area (Å²) in [4.78, 5) is 1.97. The van der Waals surface area contributed by atoms with Crippen molar-refractivity contribution in [2.24, 2.45) is 0 Å². The second-order valence-electron chi connectivity index (χ2n) is 4.55. The molecular formula is C13H16F3NO. The Morgan fingerprint density at radius 3 is 2.33 bits per heavy atom. The molecule has 0 amide bonds. The van der Waals surface area contributed by atoms with Crippen LogP contribution in [0.15, 0.2) is 18.2 Å². The molecule has 1 aliphatic heterocycles. The van der Waals surface area contributed by atoms with Crippen LogP contribution in [0.2, 0.25) is 0 Å². The van der Waals surface area contributed by atoms with Gasteiger partial charge in [-0.1, -0.05) is 6.07 Å². The Morgan fingerprint density at radius 1 is 1.11 bits per heavy atom. The summed E-state index contributed by atoms with van der Waals surface area (Å²) >= 11 is 0. The Labute approximate surface area is 104 Å². The summed E-state index contributed by atoms with van der Waals surface area (Å²) in [5, 5.41) is 8.97. The van der Waals surface area contributed by atoms with Gasteiger partial charge in [0.25, 0.3) is 0 Å². The normalized spacial score (nSPS) is 17.0. The van der Waals surface area contributed by atoms with Crippen molar-refractivity contribution in [1.29, 1.82) is 0 Å². The maximum atomic E-state index is 12.9. The minimum absolute atomic E-state index is 0.0664. The number of nitrogens with zero attached hydrogens (tertiary/aromatic N) is 1. The smallest absolute Gasteiger partial charge is 0.392 e. The van der Waals surface area contributed by atoms with Gasteiger partial charge in [0.1, 0.15) is 0 Å². The summed E-state index contributed by atoms with van der Waals surface area (Å²) in [5.41, 5.74) is -0.199. The summed E-state index contributed by atoms with van der Waals surface area (Å²) in [7, 11) is 0. The summed E-state index contributed by atoms with van der Waals surface area (Å²) in [6, 6.07) is 4.18. The maximum absolute atomic E-state index is 12.9. The molecule has 0 atom stereocenters. The first-order valence-corrected chi connectivity index (χ1v) is 6.08. The molecule has 18 heavy (non-hydrogen) atoms. The molecule has 1 saturated heterocycles. The van der Waals surface area contributed by atoms with Crippen LogP contribution in [0.1, 0.15) is 30.4 Å². The van der Waals surface area contributed by atoms with Crippen LogP contribution < -0.4 is 4.90 Å². The van der Waals surface area contributed by atoms with Crippen molar-refractivity contribution in [3.8, 4) is 0 Å². The van der Waals surface area contributed by atoms with E-state index in [2.05, 4.69) is 0 Å². The molecule has 1 aromatic carbocycles. The van der Waals surface area contributed by atoms with Gasteiger partial charge in [-0.3, -0.25) is 0 Å². The zero-order chi connectivity index (χ0) is 13.2. The van der Waals surface area contributed by atoms with Crippen molar-refractivity contribution in [2.75, 3.05) is 18.0 Å². The van der Waals surface area contributed by atoms with Crippen molar-refractivity contribution in [3.05, 3.63) is 29.3 Å². The van der Waals surface area contributed by atoms with E-state index in [4.69, 9.17) is 5.11 Å². The van der Waals surface area contributed by atoms with Gasteiger partial charge in [0.2, 0.25) is 0 Å². The first-order valence-electron chi connectivity index (χ1n) is 6.08. The molecule has 0 unspecified atom stereocenters. The summed E-state index contributed by atoms with van der Waals surface area (Å²) in [5.74, 6) is 0. The first-order chi connectivity index (χ1) is 8.52. The molecule has 0 radical (unpaired) electrons. The molecule has 1 aliphatic rings. The predicted molar refractivity (Wildman–Crippen MR) is 63.4 cm³/mol. The van der Waals surface area contributed by atoms with Crippen LogP contribution in [-0.2, 0) is 12.8 Å². The summed E-state index contributed by atoms with van der Waals surface area (Å²) in [6.07, 6.45) is -1.24. The van der Waals surface area contributed by atoms with Gasteiger partial charge >= 0.3 is 6.18 Å². The monoisotopic (exact) mass is 259 g/mol. The number of hydrogen-bond acceptors (Lipinski definition) is 2. The summed E-state index contributed by atoms with van der Waals surface area (Å²) in [6.45, 7) is 1.01. The number of benzene rings is 1. The highest BCUT2D eigenvalue weighted by Crippen LogP contribution is 2.35. The molecule has 1 fully saturated rings. The zero-order valence-corrected chi connectivity index (χ0v) is 10.0. The number of halogens is 3. The highest BCUT2D eigenvalue weighted by molar-refractivity contribution is 5.52. The zero-order valence-electron chi connectivity index (χ0n) is 10.0. The lowest BCUT2D eigenvalue weighted by Crippen LogP contribution is -2.29. The second kappa shape index (κ2) is 5.18. The average Bonchev–Trinajstić information content (AvgIpc) is 2.38. The van der Waals surface area contributed by atoms with E-state index in [0.717, 1.165) is 38.4 Å². The van der Waals surface area contributed by atoms with Gasteiger partial charge in [-0.2, -0.15) is 13.2 Å². The van der Waals surface area contributed by atoms with E-state index in [1.807, 2.05) is 4.90 Å². The molecule has 0 aliphatic carbocycles. The Kier molecular flexibility index (Phi) is 3.80. The fourth-order valence-electron chi connectivity index (χ4n) is 2.32. The van der Waals surface area contributed by atoms with Crippen molar-refractivity contribution in [2.45, 2.75) is 32.0 Å². The summed E-state index contributed by atoms with van der Waals surface area (Å²) < 4.78 is 38.6. The number of rotatable bonds is 2. The van der Waals surface area contributed by atoms with Crippen LogP contribution in [0.5, 0.6) is 0 Å². The van der Waals surface area contributed by atoms with Crippen LogP contribution in [0.3, 0.4) is 0 Å². The number of aliphatic hydroxyl groups is 1. The SMILES string of the molecule is OCc1ccc(N2CCCCC2)cc1C(F)(F)F. The maximum Gasteiger partial charge on any atom is 0.416 e. The molecule has 2 nitrogen and oxygen atoms in total. The van der Waals surface area contributed by atoms with Gasteiger partial charge in [0.15, 0.2) is 0 Å². The number of hydrogen-bond donors (Lipinski definition) is 1. The van der Waals surface area contributed by atoms with E-state index in [9.17, 15) is 13.2 Å². The number of aliphatic hydroxyl groups excluding tert-OH is 1. The molecule has 1 aromatic rings. The van der Waals surface area contributed by atoms with E-state index in [1.54, 1.807) is 6.07 Å². The molecule has 5 heteroatoms. The van der Waals surface area contributed by atoms with Crippen molar-refractivity contribution < 1.29 is 18.3 Å². The van der Waals surface area contributed by atoms with Crippen LogP contribution in [0.4, 0.5) is 18.9 Å². The average molecular weight is 259 g/mol. The first kappa shape index (κ1) is 13.2. The molecule has 100 valence electrons. The van der Waals surface area contributed by atoms with E-state index in [1.165, 1.54) is 6.07 Å². The lowest BCUT2D eigenvalue weighted by molar-refractivity contribution is -0.138. The van der Waals surface area contributed by atoms with Gasteiger partial charge in [-0.15, -0.1) is 0 Å². The minimum atomic E-state index is -4.41. The topological polar surface area (TPSA) is 23.5 Å². The van der Waals surface area contributed by atoms with E-state index >= 15 is 0 Å². The third-order valence-corrected chi connectivity index (χ3v) is 3.29. The largest absolute Gasteiger partial charge is 0.416 e. The molecule has 0 saturated carbocycles. The van der Waals surface area contributed by atoms with Gasteiger partial charge < -0.3 is 10.0 Å². The molecule has 2 rings (SSSR count). The van der Waals surface area contributed by atoms with Crippen LogP contribution in [-0.4, -0.2) is 18.2 Å². The Bertz CT molecular complexity index is 411. The van der Waals surface area contributed by atoms with Crippen LogP contribution in [0.25, 0.3) is 0 Å². The number of piperidine rings is 1. The van der Waals surface area contributed by atoms with Gasteiger partial charge in [-0.05, 0) is 37.0 Å². The number of anilines is 1. The standard InChI is InChI=1S/C13H16F3NO/c14-13(15,16)12-8-11(5-4-10(12)9-18)17-6-2-1-3-7-17/h4-5,8,18H,1-3,6-7,9H2. The van der Waals surface area contributed by atoms with Crippen molar-refractivity contribution in [1.82, 2.24) is 0 Å². The number of alkyl halides is 3. The molecule has 1 N–H and O–H groups in total. The van der Waals surface area contributed by atoms with E-state index in [-0.39, 0.29) is 5.56 Å². The fourth-order valence-corrected chi connectivity index (χ4v) is 2.32. The van der Waals surface area contributed by atoms with Crippen molar-refractivity contribution >= 4 is 5.69 Å². The van der Waals surface area contributed by atoms with Crippen molar-refractivity contribution in [3.63, 3.8) is 0 Å². The van der Waals surface area contributed by atoms with E-state index < -0.39 is 18.3 Å². The molecular weight excluding hydrogens is 243 g/mol. The Hall–Kier alpha value is -1.23. The van der Waals surface area contributed by atoms with Gasteiger partial charge in [0, 0.05) is 18.8 Å². The third-order valence-electron chi connectivity index (χ3n) is 3.29. The molecule has 0 bridgehead atoms. The second-order valence-corrected chi connectivity index (χ2v) is 4.55. The lowest BCUT2D eigenvalue weighted by Gasteiger charge is -2.29. The van der Waals surface area contributed by atoms with E-state index in [0.29, 0.717) is 5.69 Å².